The zero-order chi connectivity index (χ0) is 15.9. The summed E-state index contributed by atoms with van der Waals surface area (Å²) >= 11 is 2.93. The molecule has 0 aliphatic heterocycles. The number of nitrogens with one attached hydrogen (secondary N) is 1. The number of sulfonamides is 1. The molecule has 0 saturated heterocycles. The van der Waals surface area contributed by atoms with Gasteiger partial charge in [-0.15, -0.1) is 0 Å². The maximum Gasteiger partial charge on any atom is 0.265 e. The van der Waals surface area contributed by atoms with Crippen LogP contribution in [0.25, 0.3) is 0 Å². The molecule has 1 N–H and O–H groups in total. The highest BCUT2D eigenvalue weighted by molar-refractivity contribution is 9.10. The van der Waals surface area contributed by atoms with E-state index in [1.54, 1.807) is 14.0 Å². The molecule has 0 aliphatic rings. The van der Waals surface area contributed by atoms with Gasteiger partial charge in [0.1, 0.15) is 10.6 Å². The van der Waals surface area contributed by atoms with Gasteiger partial charge in [-0.2, -0.15) is 5.10 Å². The third-order valence-corrected chi connectivity index (χ3v) is 5.01. The Morgan fingerprint density at radius 1 is 1.24 bits per heavy atom. The number of hydrogen-bond acceptors (Lipinski definition) is 3. The van der Waals surface area contributed by atoms with Crippen LogP contribution in [0.1, 0.15) is 11.4 Å². The number of rotatable bonds is 3. The van der Waals surface area contributed by atoms with Crippen LogP contribution in [-0.2, 0) is 17.1 Å². The average molecular weight is 380 g/mol. The van der Waals surface area contributed by atoms with Gasteiger partial charge < -0.3 is 0 Å². The van der Waals surface area contributed by atoms with Gasteiger partial charge in [0, 0.05) is 11.5 Å². The van der Waals surface area contributed by atoms with Gasteiger partial charge in [0.25, 0.3) is 10.0 Å². The van der Waals surface area contributed by atoms with Crippen LogP contribution in [0.4, 0.5) is 14.5 Å². The first kappa shape index (κ1) is 15.9. The van der Waals surface area contributed by atoms with Crippen LogP contribution in [0.15, 0.2) is 21.5 Å². The highest BCUT2D eigenvalue weighted by Crippen LogP contribution is 2.28. The summed E-state index contributed by atoms with van der Waals surface area (Å²) in [6.45, 7) is 3.07. The van der Waals surface area contributed by atoms with Gasteiger partial charge in [-0.25, -0.2) is 17.2 Å². The summed E-state index contributed by atoms with van der Waals surface area (Å²) < 4.78 is 55.7. The number of aromatic nitrogens is 2. The number of halogens is 3. The Bertz CT molecular complexity index is 795. The molecule has 0 aliphatic carbocycles. The zero-order valence-corrected chi connectivity index (χ0v) is 13.8. The quantitative estimate of drug-likeness (QED) is 0.891. The summed E-state index contributed by atoms with van der Waals surface area (Å²) in [6, 6.07) is 1.95. The van der Waals surface area contributed by atoms with Gasteiger partial charge in [0.2, 0.25) is 0 Å². The lowest BCUT2D eigenvalue weighted by molar-refractivity contribution is 0.581. The van der Waals surface area contributed by atoms with Crippen LogP contribution in [0.3, 0.4) is 0 Å². The standard InChI is InChI=1S/C12H12BrF2N3O2S/c1-6-12(7(2)18(3)16-6)21(19,20)17-11-9(14)4-8(13)5-10(11)15/h4-5,17H,1-3H3. The van der Waals surface area contributed by atoms with Gasteiger partial charge in [0.15, 0.2) is 11.6 Å². The van der Waals surface area contributed by atoms with Crippen molar-refractivity contribution in [2.24, 2.45) is 7.05 Å². The Kier molecular flexibility index (Phi) is 4.07. The van der Waals surface area contributed by atoms with Crippen LogP contribution in [0, 0.1) is 25.5 Å². The molecule has 5 nitrogen and oxygen atoms in total. The van der Waals surface area contributed by atoms with E-state index in [4.69, 9.17) is 0 Å². The average Bonchev–Trinajstić information content (AvgIpc) is 2.58. The molecule has 2 aromatic rings. The van der Waals surface area contributed by atoms with Crippen molar-refractivity contribution < 1.29 is 17.2 Å². The van der Waals surface area contributed by atoms with Crippen molar-refractivity contribution in [1.29, 1.82) is 0 Å². The fourth-order valence-corrected chi connectivity index (χ4v) is 3.89. The molecule has 0 bridgehead atoms. The summed E-state index contributed by atoms with van der Waals surface area (Å²) in [5.41, 5.74) is -0.0980. The third kappa shape index (κ3) is 2.93. The first-order chi connectivity index (χ1) is 9.63. The van der Waals surface area contributed by atoms with Crippen molar-refractivity contribution in [2.75, 3.05) is 4.72 Å². The minimum absolute atomic E-state index is 0.0910. The van der Waals surface area contributed by atoms with E-state index in [9.17, 15) is 17.2 Å². The maximum absolute atomic E-state index is 13.7. The lowest BCUT2D eigenvalue weighted by atomic mass is 10.3. The van der Waals surface area contributed by atoms with E-state index in [2.05, 4.69) is 21.0 Å². The lowest BCUT2D eigenvalue weighted by Crippen LogP contribution is -2.17. The molecule has 2 rings (SSSR count). The second kappa shape index (κ2) is 5.38. The van der Waals surface area contributed by atoms with Crippen LogP contribution < -0.4 is 4.72 Å². The predicted molar refractivity (Wildman–Crippen MR) is 77.5 cm³/mol. The largest absolute Gasteiger partial charge is 0.274 e. The molecular formula is C12H12BrF2N3O2S. The molecule has 0 amide bonds. The van der Waals surface area contributed by atoms with Crippen LogP contribution >= 0.6 is 15.9 Å². The Labute approximate surface area is 129 Å². The zero-order valence-electron chi connectivity index (χ0n) is 11.4. The molecular weight excluding hydrogens is 368 g/mol. The first-order valence-electron chi connectivity index (χ1n) is 5.81. The predicted octanol–water partition coefficient (Wildman–Crippen LogP) is 2.88. The molecule has 1 aromatic heterocycles. The minimum atomic E-state index is -4.14. The highest BCUT2D eigenvalue weighted by Gasteiger charge is 2.26. The fourth-order valence-electron chi connectivity index (χ4n) is 1.97. The second-order valence-electron chi connectivity index (χ2n) is 4.47. The summed E-state index contributed by atoms with van der Waals surface area (Å²) in [7, 11) is -2.55. The van der Waals surface area contributed by atoms with Gasteiger partial charge in [0.05, 0.1) is 11.4 Å². The first-order valence-corrected chi connectivity index (χ1v) is 8.08. The summed E-state index contributed by atoms with van der Waals surface area (Å²) in [4.78, 5) is -0.0910. The lowest BCUT2D eigenvalue weighted by Gasteiger charge is -2.10. The van der Waals surface area contributed by atoms with Crippen LogP contribution in [-0.4, -0.2) is 18.2 Å². The number of aryl methyl sites for hydroxylation is 2. The molecule has 9 heteroatoms. The van der Waals surface area contributed by atoms with E-state index in [-0.39, 0.29) is 15.1 Å². The van der Waals surface area contributed by atoms with E-state index in [1.165, 1.54) is 11.6 Å². The number of benzene rings is 1. The topological polar surface area (TPSA) is 64.0 Å². The highest BCUT2D eigenvalue weighted by atomic mass is 79.9. The van der Waals surface area contributed by atoms with Crippen molar-refractivity contribution in [3.63, 3.8) is 0 Å². The van der Waals surface area contributed by atoms with Gasteiger partial charge in [-0.1, -0.05) is 15.9 Å². The monoisotopic (exact) mass is 379 g/mol. The van der Waals surface area contributed by atoms with E-state index in [0.717, 1.165) is 12.1 Å². The molecule has 0 radical (unpaired) electrons. The SMILES string of the molecule is Cc1nn(C)c(C)c1S(=O)(=O)Nc1c(F)cc(Br)cc1F. The molecule has 0 unspecified atom stereocenters. The van der Waals surface area contributed by atoms with E-state index < -0.39 is 27.3 Å². The van der Waals surface area contributed by atoms with Crippen molar-refractivity contribution in [3.05, 3.63) is 39.6 Å². The number of nitrogens with zero attached hydrogens (tertiary/aromatic N) is 2. The van der Waals surface area contributed by atoms with Gasteiger partial charge in [-0.05, 0) is 26.0 Å². The van der Waals surface area contributed by atoms with E-state index in [1.807, 2.05) is 4.72 Å². The van der Waals surface area contributed by atoms with Crippen LogP contribution in [0.5, 0.6) is 0 Å². The fraction of sp³-hybridized carbons (Fsp3) is 0.250. The molecule has 0 fully saturated rings. The van der Waals surface area contributed by atoms with Crippen molar-refractivity contribution >= 4 is 31.6 Å². The molecule has 1 heterocycles. The smallest absolute Gasteiger partial charge is 0.265 e. The Hall–Kier alpha value is -1.48. The Balaban J connectivity index is 2.53. The van der Waals surface area contributed by atoms with Crippen molar-refractivity contribution in [3.8, 4) is 0 Å². The Morgan fingerprint density at radius 2 is 1.76 bits per heavy atom. The molecule has 21 heavy (non-hydrogen) atoms. The molecule has 0 atom stereocenters. The van der Waals surface area contributed by atoms with E-state index in [0.29, 0.717) is 5.69 Å². The maximum atomic E-state index is 13.7. The molecule has 0 saturated carbocycles. The summed E-state index contributed by atoms with van der Waals surface area (Å²) in [5, 5.41) is 3.98. The Morgan fingerprint density at radius 3 is 2.19 bits per heavy atom. The van der Waals surface area contributed by atoms with Crippen molar-refractivity contribution in [1.82, 2.24) is 9.78 Å². The normalized spacial score (nSPS) is 11.7. The van der Waals surface area contributed by atoms with Crippen molar-refractivity contribution in [2.45, 2.75) is 18.7 Å². The molecule has 0 spiro atoms. The number of anilines is 1. The van der Waals surface area contributed by atoms with E-state index >= 15 is 0 Å². The molecule has 114 valence electrons. The summed E-state index contributed by atoms with van der Waals surface area (Å²) in [6.07, 6.45) is 0. The van der Waals surface area contributed by atoms with Gasteiger partial charge in [-0.3, -0.25) is 9.40 Å². The van der Waals surface area contributed by atoms with Gasteiger partial charge >= 0.3 is 0 Å². The second-order valence-corrected chi connectivity index (χ2v) is 7.01. The summed E-state index contributed by atoms with van der Waals surface area (Å²) in [5.74, 6) is -2.02. The number of hydrogen-bond donors (Lipinski definition) is 1. The minimum Gasteiger partial charge on any atom is -0.274 e. The van der Waals surface area contributed by atoms with Crippen LogP contribution in [0.2, 0.25) is 0 Å². The third-order valence-electron chi connectivity index (χ3n) is 2.95. The molecule has 1 aromatic carbocycles.